The Kier molecular flexibility index (Phi) is 4.04. The van der Waals surface area contributed by atoms with Gasteiger partial charge in [-0.05, 0) is 30.2 Å². The Morgan fingerprint density at radius 2 is 1.96 bits per heavy atom. The fraction of sp³-hybridized carbons (Fsp3) is 0.250. The number of aromatic amines is 1. The van der Waals surface area contributed by atoms with Gasteiger partial charge in [0.15, 0.2) is 0 Å². The highest BCUT2D eigenvalue weighted by molar-refractivity contribution is 6.06. The van der Waals surface area contributed by atoms with Crippen molar-refractivity contribution in [2.24, 2.45) is 0 Å². The lowest BCUT2D eigenvalue weighted by atomic mass is 10.1. The molecular weight excluding hydrogens is 323 g/mol. The summed E-state index contributed by atoms with van der Waals surface area (Å²) in [7, 11) is 0. The Bertz CT molecular complexity index is 756. The van der Waals surface area contributed by atoms with Crippen LogP contribution in [-0.2, 0) is 11.2 Å². The standard InChI is InChI=1S/C16H14F3N3O2/c17-16(18,19)15(24)21-9-11-8-10-4-1-2-6-13(10)22(11)14(23)12-5-3-7-20-12/h1-7,11,20H,8-9H2,(H,21,24)/t11-/m1/s1. The molecular formula is C16H14F3N3O2. The summed E-state index contributed by atoms with van der Waals surface area (Å²) in [6.45, 7) is -0.278. The number of alkyl halides is 3. The number of hydrogen-bond acceptors (Lipinski definition) is 2. The molecule has 24 heavy (non-hydrogen) atoms. The predicted octanol–water partition coefficient (Wildman–Crippen LogP) is 2.26. The maximum Gasteiger partial charge on any atom is 0.471 e. The second-order valence-corrected chi connectivity index (χ2v) is 5.45. The molecule has 0 fully saturated rings. The zero-order chi connectivity index (χ0) is 17.3. The third kappa shape index (κ3) is 2.99. The predicted molar refractivity (Wildman–Crippen MR) is 80.6 cm³/mol. The van der Waals surface area contributed by atoms with E-state index in [4.69, 9.17) is 0 Å². The smallest absolute Gasteiger partial charge is 0.357 e. The van der Waals surface area contributed by atoms with E-state index in [1.807, 2.05) is 11.4 Å². The van der Waals surface area contributed by atoms with Gasteiger partial charge < -0.3 is 15.2 Å². The fourth-order valence-corrected chi connectivity index (χ4v) is 2.80. The second kappa shape index (κ2) is 6.03. The lowest BCUT2D eigenvalue weighted by Gasteiger charge is -2.25. The fourth-order valence-electron chi connectivity index (χ4n) is 2.80. The molecule has 1 aromatic heterocycles. The van der Waals surface area contributed by atoms with Crippen LogP contribution in [0.25, 0.3) is 0 Å². The molecule has 2 amide bonds. The van der Waals surface area contributed by atoms with Crippen molar-refractivity contribution in [3.05, 3.63) is 53.9 Å². The first-order valence-electron chi connectivity index (χ1n) is 7.28. The van der Waals surface area contributed by atoms with Crippen molar-refractivity contribution in [3.8, 4) is 0 Å². The van der Waals surface area contributed by atoms with Crippen molar-refractivity contribution in [2.75, 3.05) is 11.4 Å². The quantitative estimate of drug-likeness (QED) is 0.902. The molecule has 0 saturated carbocycles. The molecule has 2 aromatic rings. The number of aromatic nitrogens is 1. The summed E-state index contributed by atoms with van der Waals surface area (Å²) in [6.07, 6.45) is -2.98. The van der Waals surface area contributed by atoms with Gasteiger partial charge in [-0.3, -0.25) is 9.59 Å². The number of halogens is 3. The summed E-state index contributed by atoms with van der Waals surface area (Å²) in [5, 5.41) is 1.86. The van der Waals surface area contributed by atoms with Gasteiger partial charge in [0, 0.05) is 18.4 Å². The van der Waals surface area contributed by atoms with Gasteiger partial charge >= 0.3 is 12.1 Å². The second-order valence-electron chi connectivity index (χ2n) is 5.45. The van der Waals surface area contributed by atoms with Gasteiger partial charge in [0.1, 0.15) is 5.69 Å². The number of amides is 2. The summed E-state index contributed by atoms with van der Waals surface area (Å²) < 4.78 is 37.1. The third-order valence-corrected chi connectivity index (χ3v) is 3.87. The molecule has 5 nitrogen and oxygen atoms in total. The van der Waals surface area contributed by atoms with Crippen LogP contribution >= 0.6 is 0 Å². The van der Waals surface area contributed by atoms with Gasteiger partial charge in [0.25, 0.3) is 5.91 Å². The van der Waals surface area contributed by atoms with Crippen LogP contribution in [0.1, 0.15) is 16.1 Å². The van der Waals surface area contributed by atoms with Crippen molar-refractivity contribution in [3.63, 3.8) is 0 Å². The van der Waals surface area contributed by atoms with Crippen LogP contribution in [0.15, 0.2) is 42.6 Å². The van der Waals surface area contributed by atoms with Crippen LogP contribution in [0.3, 0.4) is 0 Å². The normalized spacial score (nSPS) is 16.8. The highest BCUT2D eigenvalue weighted by atomic mass is 19.4. The molecule has 8 heteroatoms. The van der Waals surface area contributed by atoms with E-state index in [1.165, 1.54) is 4.90 Å². The van der Waals surface area contributed by atoms with Gasteiger partial charge in [-0.15, -0.1) is 0 Å². The average molecular weight is 337 g/mol. The third-order valence-electron chi connectivity index (χ3n) is 3.87. The number of H-pyrrole nitrogens is 1. The number of anilines is 1. The van der Waals surface area contributed by atoms with Crippen molar-refractivity contribution in [2.45, 2.75) is 18.6 Å². The minimum Gasteiger partial charge on any atom is -0.357 e. The average Bonchev–Trinajstić information content (AvgIpc) is 3.18. The van der Waals surface area contributed by atoms with E-state index in [0.29, 0.717) is 17.8 Å². The van der Waals surface area contributed by atoms with E-state index >= 15 is 0 Å². The minimum atomic E-state index is -4.94. The highest BCUT2D eigenvalue weighted by Crippen LogP contribution is 2.33. The number of carbonyl (C=O) groups is 2. The molecule has 1 aromatic carbocycles. The number of fused-ring (bicyclic) bond motifs is 1. The molecule has 0 aliphatic carbocycles. The Morgan fingerprint density at radius 1 is 1.21 bits per heavy atom. The summed E-state index contributed by atoms with van der Waals surface area (Å²) in [4.78, 5) is 28.0. The van der Waals surface area contributed by atoms with Crippen molar-refractivity contribution in [1.82, 2.24) is 10.3 Å². The van der Waals surface area contributed by atoms with Crippen LogP contribution in [0.5, 0.6) is 0 Å². The molecule has 2 N–H and O–H groups in total. The Morgan fingerprint density at radius 3 is 2.62 bits per heavy atom. The van der Waals surface area contributed by atoms with Crippen molar-refractivity contribution >= 4 is 17.5 Å². The Balaban J connectivity index is 1.83. The molecule has 0 unspecified atom stereocenters. The van der Waals surface area contributed by atoms with Gasteiger partial charge in [-0.2, -0.15) is 13.2 Å². The minimum absolute atomic E-state index is 0.278. The molecule has 0 spiro atoms. The van der Waals surface area contributed by atoms with Crippen LogP contribution < -0.4 is 10.2 Å². The van der Waals surface area contributed by atoms with Crippen molar-refractivity contribution < 1.29 is 22.8 Å². The van der Waals surface area contributed by atoms with E-state index in [1.54, 1.807) is 36.5 Å². The van der Waals surface area contributed by atoms with E-state index < -0.39 is 18.1 Å². The molecule has 1 aliphatic rings. The number of benzene rings is 1. The number of hydrogen-bond donors (Lipinski definition) is 2. The Labute approximate surface area is 135 Å². The first kappa shape index (κ1) is 16.1. The van der Waals surface area contributed by atoms with Crippen molar-refractivity contribution in [1.29, 1.82) is 0 Å². The van der Waals surface area contributed by atoms with E-state index in [2.05, 4.69) is 4.98 Å². The van der Waals surface area contributed by atoms with Gasteiger partial charge in [-0.25, -0.2) is 0 Å². The number of rotatable bonds is 3. The summed E-state index contributed by atoms with van der Waals surface area (Å²) in [5.74, 6) is -2.36. The van der Waals surface area contributed by atoms with Crippen LogP contribution in [0.4, 0.5) is 18.9 Å². The lowest BCUT2D eigenvalue weighted by molar-refractivity contribution is -0.173. The number of para-hydroxylation sites is 1. The van der Waals surface area contributed by atoms with Gasteiger partial charge in [0.2, 0.25) is 0 Å². The molecule has 0 bridgehead atoms. The molecule has 3 rings (SSSR count). The van der Waals surface area contributed by atoms with Crippen LogP contribution in [0.2, 0.25) is 0 Å². The highest BCUT2D eigenvalue weighted by Gasteiger charge is 2.40. The number of nitrogens with zero attached hydrogens (tertiary/aromatic N) is 1. The van der Waals surface area contributed by atoms with Gasteiger partial charge in [-0.1, -0.05) is 18.2 Å². The maximum absolute atomic E-state index is 12.7. The topological polar surface area (TPSA) is 65.2 Å². The molecule has 0 radical (unpaired) electrons. The summed E-state index contributed by atoms with van der Waals surface area (Å²) >= 11 is 0. The maximum atomic E-state index is 12.7. The molecule has 0 saturated heterocycles. The SMILES string of the molecule is O=C(c1ccc[nH]1)N1c2ccccc2C[C@@H]1CNC(=O)C(F)(F)F. The molecule has 2 heterocycles. The van der Waals surface area contributed by atoms with E-state index in [9.17, 15) is 22.8 Å². The largest absolute Gasteiger partial charge is 0.471 e. The Hall–Kier alpha value is -2.77. The van der Waals surface area contributed by atoms with Gasteiger partial charge in [0.05, 0.1) is 6.04 Å². The number of nitrogens with one attached hydrogen (secondary N) is 2. The molecule has 1 atom stereocenters. The first-order chi connectivity index (χ1) is 11.4. The van der Waals surface area contributed by atoms with E-state index in [-0.39, 0.29) is 12.5 Å². The monoisotopic (exact) mass is 337 g/mol. The number of carbonyl (C=O) groups excluding carboxylic acids is 2. The van der Waals surface area contributed by atoms with E-state index in [0.717, 1.165) is 5.56 Å². The zero-order valence-corrected chi connectivity index (χ0v) is 12.4. The first-order valence-corrected chi connectivity index (χ1v) is 7.28. The van der Waals surface area contributed by atoms with Crippen LogP contribution in [0, 0.1) is 0 Å². The lowest BCUT2D eigenvalue weighted by Crippen LogP contribution is -2.48. The van der Waals surface area contributed by atoms with Crippen LogP contribution in [-0.4, -0.2) is 35.6 Å². The molecule has 126 valence electrons. The molecule has 1 aliphatic heterocycles. The summed E-state index contributed by atoms with van der Waals surface area (Å²) in [6, 6.07) is 9.78. The zero-order valence-electron chi connectivity index (χ0n) is 12.4. The summed E-state index contributed by atoms with van der Waals surface area (Å²) in [5.41, 5.74) is 1.82.